The average molecular weight is 509 g/mol. The molecule has 1 fully saturated rings. The van der Waals surface area contributed by atoms with Crippen molar-refractivity contribution in [2.75, 3.05) is 4.90 Å². The predicted octanol–water partition coefficient (Wildman–Crippen LogP) is 5.46. The summed E-state index contributed by atoms with van der Waals surface area (Å²) >= 11 is 14.3. The number of aromatic nitrogens is 2. The Hall–Kier alpha value is -1.64. The van der Waals surface area contributed by atoms with Gasteiger partial charge >= 0.3 is 0 Å². The van der Waals surface area contributed by atoms with Crippen LogP contribution in [0.3, 0.4) is 0 Å². The van der Waals surface area contributed by atoms with Crippen molar-refractivity contribution in [1.29, 1.82) is 0 Å². The number of thiocarbonyl (C=S) groups is 1. The molecule has 3 aromatic rings. The Labute approximate surface area is 182 Å². The summed E-state index contributed by atoms with van der Waals surface area (Å²) in [6.07, 6.45) is 1.82. The van der Waals surface area contributed by atoms with E-state index in [1.807, 2.05) is 48.7 Å². The molecule has 2 N–H and O–H groups in total. The number of nitrogens with zero attached hydrogens (tertiary/aromatic N) is 2. The number of nitrogens with one attached hydrogen (secondary N) is 2. The highest BCUT2D eigenvalue weighted by molar-refractivity contribution is 14.1. The number of hydrogen-bond donors (Lipinski definition) is 2. The predicted molar refractivity (Wildman–Crippen MR) is 122 cm³/mol. The first-order chi connectivity index (χ1) is 13.0. The molecule has 27 heavy (non-hydrogen) atoms. The first-order valence-electron chi connectivity index (χ1n) is 8.58. The van der Waals surface area contributed by atoms with E-state index in [4.69, 9.17) is 23.8 Å². The quantitative estimate of drug-likeness (QED) is 0.364. The van der Waals surface area contributed by atoms with Gasteiger partial charge in [-0.2, -0.15) is 0 Å². The Morgan fingerprint density at radius 1 is 1.11 bits per heavy atom. The van der Waals surface area contributed by atoms with Gasteiger partial charge in [0, 0.05) is 37.4 Å². The molecule has 3 heterocycles. The number of benzene rings is 1. The van der Waals surface area contributed by atoms with Crippen LogP contribution < -0.4 is 10.2 Å². The normalized spacial score (nSPS) is 19.4. The largest absolute Gasteiger partial charge is 0.362 e. The first-order valence-corrected chi connectivity index (χ1v) is 10.4. The van der Waals surface area contributed by atoms with Gasteiger partial charge in [-0.1, -0.05) is 17.7 Å². The summed E-state index contributed by atoms with van der Waals surface area (Å²) in [5, 5.41) is 4.88. The molecule has 1 aromatic carbocycles. The maximum absolute atomic E-state index is 6.10. The van der Waals surface area contributed by atoms with Gasteiger partial charge in [0.15, 0.2) is 5.11 Å². The van der Waals surface area contributed by atoms with E-state index >= 15 is 0 Å². The van der Waals surface area contributed by atoms with Crippen molar-refractivity contribution in [1.82, 2.24) is 15.3 Å². The van der Waals surface area contributed by atoms with E-state index in [1.54, 1.807) is 0 Å². The third-order valence-electron chi connectivity index (χ3n) is 4.84. The van der Waals surface area contributed by atoms with Crippen LogP contribution in [-0.2, 0) is 0 Å². The van der Waals surface area contributed by atoms with Crippen LogP contribution in [-0.4, -0.2) is 15.1 Å². The third kappa shape index (κ3) is 3.34. The summed E-state index contributed by atoms with van der Waals surface area (Å²) in [5.74, 6) is 0. The number of aromatic amines is 1. The molecule has 7 heteroatoms. The van der Waals surface area contributed by atoms with Crippen molar-refractivity contribution in [3.8, 4) is 0 Å². The second-order valence-corrected chi connectivity index (χ2v) is 8.48. The van der Waals surface area contributed by atoms with Crippen molar-refractivity contribution < 1.29 is 0 Å². The lowest BCUT2D eigenvalue weighted by molar-refractivity contribution is 0.564. The molecule has 0 unspecified atom stereocenters. The van der Waals surface area contributed by atoms with Gasteiger partial charge in [-0.3, -0.25) is 4.98 Å². The van der Waals surface area contributed by atoms with Crippen LogP contribution in [0.15, 0.2) is 48.7 Å². The topological polar surface area (TPSA) is 44.0 Å². The zero-order valence-electron chi connectivity index (χ0n) is 14.8. The van der Waals surface area contributed by atoms with Gasteiger partial charge in [-0.05, 0) is 85.1 Å². The first kappa shape index (κ1) is 18.7. The number of aryl methyl sites for hydroxylation is 2. The molecule has 2 aromatic heterocycles. The fourth-order valence-electron chi connectivity index (χ4n) is 3.65. The number of halogens is 2. The third-order valence-corrected chi connectivity index (χ3v) is 6.80. The lowest BCUT2D eigenvalue weighted by Gasteiger charge is -2.28. The molecule has 138 valence electrons. The summed E-state index contributed by atoms with van der Waals surface area (Å²) in [7, 11) is 0. The molecule has 0 saturated carbocycles. The molecular weight excluding hydrogens is 491 g/mol. The Kier molecular flexibility index (Phi) is 5.13. The molecule has 1 aliphatic rings. The molecule has 0 aliphatic carbocycles. The van der Waals surface area contributed by atoms with Crippen LogP contribution in [0.25, 0.3) is 0 Å². The van der Waals surface area contributed by atoms with E-state index in [2.05, 4.69) is 56.6 Å². The summed E-state index contributed by atoms with van der Waals surface area (Å²) in [6.45, 7) is 4.21. The lowest BCUT2D eigenvalue weighted by atomic mass is 9.96. The number of H-pyrrole nitrogens is 1. The van der Waals surface area contributed by atoms with Crippen LogP contribution in [0.5, 0.6) is 0 Å². The monoisotopic (exact) mass is 508 g/mol. The highest BCUT2D eigenvalue weighted by atomic mass is 127. The van der Waals surface area contributed by atoms with E-state index in [0.717, 1.165) is 22.8 Å². The van der Waals surface area contributed by atoms with E-state index in [0.29, 0.717) is 10.1 Å². The second kappa shape index (κ2) is 7.41. The van der Waals surface area contributed by atoms with Crippen LogP contribution >= 0.6 is 46.4 Å². The summed E-state index contributed by atoms with van der Waals surface area (Å²) in [4.78, 5) is 10.2. The molecule has 0 bridgehead atoms. The fraction of sp³-hybridized carbons (Fsp3) is 0.200. The van der Waals surface area contributed by atoms with Gasteiger partial charge in [-0.15, -0.1) is 0 Å². The van der Waals surface area contributed by atoms with Gasteiger partial charge in [0.1, 0.15) is 0 Å². The molecular formula is C20H18ClIN4S. The molecule has 1 saturated heterocycles. The summed E-state index contributed by atoms with van der Waals surface area (Å²) < 4.78 is 1.22. The molecule has 4 nitrogen and oxygen atoms in total. The minimum absolute atomic E-state index is 0.00887. The van der Waals surface area contributed by atoms with Crippen molar-refractivity contribution in [2.45, 2.75) is 25.9 Å². The fourth-order valence-corrected chi connectivity index (χ4v) is 4.98. The molecule has 0 radical (unpaired) electrons. The smallest absolute Gasteiger partial charge is 0.174 e. The van der Waals surface area contributed by atoms with Crippen molar-refractivity contribution in [3.63, 3.8) is 0 Å². The Morgan fingerprint density at radius 2 is 1.85 bits per heavy atom. The Morgan fingerprint density at radius 3 is 2.44 bits per heavy atom. The highest BCUT2D eigenvalue weighted by Crippen LogP contribution is 2.44. The van der Waals surface area contributed by atoms with Crippen LogP contribution in [0.1, 0.15) is 34.7 Å². The maximum Gasteiger partial charge on any atom is 0.174 e. The molecule has 4 rings (SSSR count). The maximum atomic E-state index is 6.10. The lowest BCUT2D eigenvalue weighted by Crippen LogP contribution is -2.29. The molecule has 0 spiro atoms. The molecule has 2 atom stereocenters. The summed E-state index contributed by atoms with van der Waals surface area (Å²) in [6, 6.07) is 13.7. The van der Waals surface area contributed by atoms with Crippen molar-refractivity contribution >= 4 is 57.2 Å². The average Bonchev–Trinajstić information content (AvgIpc) is 3.12. The van der Waals surface area contributed by atoms with Gasteiger partial charge in [0.05, 0.1) is 17.8 Å². The van der Waals surface area contributed by atoms with E-state index < -0.39 is 0 Å². The van der Waals surface area contributed by atoms with Crippen molar-refractivity contribution in [2.24, 2.45) is 0 Å². The number of anilines is 1. The Bertz CT molecular complexity index is 987. The van der Waals surface area contributed by atoms with Gasteiger partial charge < -0.3 is 15.2 Å². The SMILES string of the molecule is Cc1[nH]c(C)c([C@H]2[C@@H](c3ccccn3)NC(=S)N2c2ccc(Cl)cc2)c1I. The summed E-state index contributed by atoms with van der Waals surface area (Å²) in [5.41, 5.74) is 5.53. The van der Waals surface area contributed by atoms with Crippen molar-refractivity contribution in [3.05, 3.63) is 79.9 Å². The second-order valence-electron chi connectivity index (χ2n) is 6.58. The molecule has 0 amide bonds. The van der Waals surface area contributed by atoms with Gasteiger partial charge in [0.2, 0.25) is 0 Å². The van der Waals surface area contributed by atoms with Gasteiger partial charge in [0.25, 0.3) is 0 Å². The van der Waals surface area contributed by atoms with Gasteiger partial charge in [-0.25, -0.2) is 0 Å². The van der Waals surface area contributed by atoms with Crippen LogP contribution in [0, 0.1) is 17.4 Å². The standard InChI is InChI=1S/C20H18ClIN4S/c1-11-16(17(22)12(2)24-11)19-18(15-5-3-4-10-23-15)25-20(27)26(19)14-8-6-13(21)7-9-14/h3-10,18-19,24H,1-2H3,(H,25,27)/t18-,19+/m1/s1. The van der Waals surface area contributed by atoms with E-state index in [-0.39, 0.29) is 12.1 Å². The van der Waals surface area contributed by atoms with E-state index in [1.165, 1.54) is 9.13 Å². The van der Waals surface area contributed by atoms with Crippen LogP contribution in [0.4, 0.5) is 5.69 Å². The molecule has 1 aliphatic heterocycles. The minimum Gasteiger partial charge on any atom is -0.362 e. The zero-order valence-corrected chi connectivity index (χ0v) is 18.6. The number of rotatable bonds is 3. The number of pyridine rings is 1. The van der Waals surface area contributed by atoms with Crippen LogP contribution in [0.2, 0.25) is 5.02 Å². The zero-order chi connectivity index (χ0) is 19.1. The van der Waals surface area contributed by atoms with E-state index in [9.17, 15) is 0 Å². The Balaban J connectivity index is 1.89. The minimum atomic E-state index is -0.0446. The highest BCUT2D eigenvalue weighted by Gasteiger charge is 2.42. The number of hydrogen-bond acceptors (Lipinski definition) is 2.